The van der Waals surface area contributed by atoms with Gasteiger partial charge in [0.15, 0.2) is 5.69 Å². The lowest BCUT2D eigenvalue weighted by Gasteiger charge is -2.16. The molecule has 0 unspecified atom stereocenters. The van der Waals surface area contributed by atoms with E-state index in [1.165, 1.54) is 4.68 Å². The molecule has 0 radical (unpaired) electrons. The fourth-order valence-electron chi connectivity index (χ4n) is 1.64. The molecule has 0 bridgehead atoms. The Bertz CT molecular complexity index is 541. The van der Waals surface area contributed by atoms with Gasteiger partial charge in [-0.2, -0.15) is 0 Å². The Balaban J connectivity index is 1.93. The maximum atomic E-state index is 11.9. The number of nitrogens with one attached hydrogen (secondary N) is 1. The highest BCUT2D eigenvalue weighted by atomic mass is 32.1. The molecule has 108 valence electrons. The number of rotatable bonds is 7. The largest absolute Gasteiger partial charge is 0.394 e. The average Bonchev–Trinajstić information content (AvgIpc) is 3.10. The fraction of sp³-hybridized carbons (Fsp3) is 0.417. The predicted molar refractivity (Wildman–Crippen MR) is 73.4 cm³/mol. The van der Waals surface area contributed by atoms with E-state index in [4.69, 9.17) is 9.84 Å². The number of aliphatic hydroxyl groups excluding tert-OH is 1. The van der Waals surface area contributed by atoms with Gasteiger partial charge >= 0.3 is 0 Å². The molecule has 20 heavy (non-hydrogen) atoms. The highest BCUT2D eigenvalue weighted by Gasteiger charge is 2.16. The Kier molecular flexibility index (Phi) is 5.22. The van der Waals surface area contributed by atoms with Crippen LogP contribution < -0.4 is 5.32 Å². The van der Waals surface area contributed by atoms with E-state index < -0.39 is 0 Å². The Morgan fingerprint density at radius 1 is 1.65 bits per heavy atom. The van der Waals surface area contributed by atoms with E-state index in [1.54, 1.807) is 24.6 Å². The smallest absolute Gasteiger partial charge is 0.273 e. The van der Waals surface area contributed by atoms with Crippen molar-refractivity contribution >= 4 is 17.2 Å². The number of thiophene rings is 1. The zero-order chi connectivity index (χ0) is 14.4. The first kappa shape index (κ1) is 14.6. The molecule has 1 amide bonds. The number of aryl methyl sites for hydroxylation is 1. The van der Waals surface area contributed by atoms with E-state index >= 15 is 0 Å². The van der Waals surface area contributed by atoms with Gasteiger partial charge in [0, 0.05) is 18.5 Å². The molecule has 2 aromatic heterocycles. The van der Waals surface area contributed by atoms with Gasteiger partial charge in [-0.05, 0) is 11.4 Å². The number of carbonyl (C=O) groups is 1. The Morgan fingerprint density at radius 2 is 2.50 bits per heavy atom. The van der Waals surface area contributed by atoms with Gasteiger partial charge in [0.1, 0.15) is 6.10 Å². The van der Waals surface area contributed by atoms with Crippen molar-refractivity contribution in [2.24, 2.45) is 7.05 Å². The van der Waals surface area contributed by atoms with Gasteiger partial charge < -0.3 is 15.2 Å². The summed E-state index contributed by atoms with van der Waals surface area (Å²) in [5.41, 5.74) is 0.264. The summed E-state index contributed by atoms with van der Waals surface area (Å²) in [6.45, 7) is 0.486. The maximum absolute atomic E-state index is 11.9. The van der Waals surface area contributed by atoms with Crippen molar-refractivity contribution in [1.29, 1.82) is 0 Å². The molecule has 7 nitrogen and oxygen atoms in total. The first-order valence-electron chi connectivity index (χ1n) is 6.11. The third-order valence-corrected chi connectivity index (χ3v) is 3.52. The van der Waals surface area contributed by atoms with Gasteiger partial charge in [0.2, 0.25) is 0 Å². The highest BCUT2D eigenvalue weighted by molar-refractivity contribution is 7.10. The second-order valence-corrected chi connectivity index (χ2v) is 5.07. The highest BCUT2D eigenvalue weighted by Crippen LogP contribution is 2.21. The van der Waals surface area contributed by atoms with Crippen LogP contribution in [-0.2, 0) is 11.8 Å². The van der Waals surface area contributed by atoms with E-state index in [2.05, 4.69) is 15.6 Å². The summed E-state index contributed by atoms with van der Waals surface area (Å²) < 4.78 is 7.00. The minimum atomic E-state index is -0.299. The van der Waals surface area contributed by atoms with Crippen LogP contribution in [0.15, 0.2) is 23.7 Å². The molecule has 0 aliphatic carbocycles. The SMILES string of the molecule is Cn1cc(C(=O)NC[C@H](OCCO)c2cccs2)nn1. The summed E-state index contributed by atoms with van der Waals surface area (Å²) >= 11 is 1.54. The first-order valence-corrected chi connectivity index (χ1v) is 6.99. The molecule has 0 spiro atoms. The third-order valence-electron chi connectivity index (χ3n) is 2.55. The Labute approximate surface area is 120 Å². The van der Waals surface area contributed by atoms with Crippen LogP contribution in [0, 0.1) is 0 Å². The average molecular weight is 296 g/mol. The van der Waals surface area contributed by atoms with E-state index in [9.17, 15) is 4.79 Å². The number of aliphatic hydroxyl groups is 1. The molecule has 8 heteroatoms. The van der Waals surface area contributed by atoms with Gasteiger partial charge in [-0.1, -0.05) is 11.3 Å². The summed E-state index contributed by atoms with van der Waals surface area (Å²) in [7, 11) is 1.70. The molecule has 2 heterocycles. The third kappa shape index (κ3) is 3.86. The normalized spacial score (nSPS) is 12.3. The lowest BCUT2D eigenvalue weighted by molar-refractivity contribution is 0.0295. The molecule has 0 saturated heterocycles. The van der Waals surface area contributed by atoms with Crippen LogP contribution in [0.1, 0.15) is 21.5 Å². The molecule has 0 aliphatic rings. The van der Waals surface area contributed by atoms with Crippen LogP contribution in [0.3, 0.4) is 0 Å². The fourth-order valence-corrected chi connectivity index (χ4v) is 2.41. The topological polar surface area (TPSA) is 89.3 Å². The Hall–Kier alpha value is -1.77. The molecular weight excluding hydrogens is 280 g/mol. The van der Waals surface area contributed by atoms with E-state index in [0.29, 0.717) is 6.54 Å². The molecule has 0 aliphatic heterocycles. The number of ether oxygens (including phenoxy) is 1. The second kappa shape index (κ2) is 7.13. The van der Waals surface area contributed by atoms with Crippen molar-refractivity contribution in [3.63, 3.8) is 0 Å². The van der Waals surface area contributed by atoms with Crippen LogP contribution >= 0.6 is 11.3 Å². The summed E-state index contributed by atoms with van der Waals surface area (Å²) in [6, 6.07) is 3.85. The number of hydrogen-bond donors (Lipinski definition) is 2. The van der Waals surface area contributed by atoms with Gasteiger partial charge in [-0.25, -0.2) is 0 Å². The van der Waals surface area contributed by atoms with Crippen molar-refractivity contribution in [3.05, 3.63) is 34.3 Å². The zero-order valence-corrected chi connectivity index (χ0v) is 11.8. The standard InChI is InChI=1S/C12H16N4O3S/c1-16-8-9(14-15-16)12(18)13-7-10(19-5-4-17)11-3-2-6-20-11/h2-3,6,8,10,17H,4-5,7H2,1H3,(H,13,18)/t10-/m0/s1. The predicted octanol–water partition coefficient (Wildman–Crippen LogP) is 0.357. The second-order valence-electron chi connectivity index (χ2n) is 4.09. The van der Waals surface area contributed by atoms with Crippen molar-refractivity contribution in [2.75, 3.05) is 19.8 Å². The molecule has 1 atom stereocenters. The van der Waals surface area contributed by atoms with Gasteiger partial charge in [-0.15, -0.1) is 16.4 Å². The molecule has 0 saturated carbocycles. The summed E-state index contributed by atoms with van der Waals surface area (Å²) in [5, 5.41) is 21.0. The molecule has 0 fully saturated rings. The van der Waals surface area contributed by atoms with Crippen LogP contribution in [0.4, 0.5) is 0 Å². The molecular formula is C12H16N4O3S. The molecule has 2 rings (SSSR count). The lowest BCUT2D eigenvalue weighted by atomic mass is 10.3. The number of aromatic nitrogens is 3. The monoisotopic (exact) mass is 296 g/mol. The van der Waals surface area contributed by atoms with Crippen LogP contribution in [0.5, 0.6) is 0 Å². The first-order chi connectivity index (χ1) is 9.70. The van der Waals surface area contributed by atoms with Crippen molar-refractivity contribution < 1.29 is 14.6 Å². The van der Waals surface area contributed by atoms with Crippen molar-refractivity contribution in [3.8, 4) is 0 Å². The van der Waals surface area contributed by atoms with Crippen LogP contribution in [-0.4, -0.2) is 45.8 Å². The Morgan fingerprint density at radius 3 is 3.10 bits per heavy atom. The minimum Gasteiger partial charge on any atom is -0.394 e. The summed E-state index contributed by atoms with van der Waals surface area (Å²) in [5.74, 6) is -0.299. The van der Waals surface area contributed by atoms with Crippen molar-refractivity contribution in [1.82, 2.24) is 20.3 Å². The minimum absolute atomic E-state index is 0.0556. The van der Waals surface area contributed by atoms with Gasteiger partial charge in [-0.3, -0.25) is 9.48 Å². The van der Waals surface area contributed by atoms with Crippen molar-refractivity contribution in [2.45, 2.75) is 6.10 Å². The van der Waals surface area contributed by atoms with E-state index in [1.807, 2.05) is 17.5 Å². The van der Waals surface area contributed by atoms with Gasteiger partial charge in [0.25, 0.3) is 5.91 Å². The van der Waals surface area contributed by atoms with Gasteiger partial charge in [0.05, 0.1) is 19.4 Å². The van der Waals surface area contributed by atoms with E-state index in [-0.39, 0.29) is 30.9 Å². The number of hydrogen-bond acceptors (Lipinski definition) is 6. The number of amides is 1. The number of carbonyl (C=O) groups excluding carboxylic acids is 1. The number of nitrogens with zero attached hydrogens (tertiary/aromatic N) is 3. The lowest BCUT2D eigenvalue weighted by Crippen LogP contribution is -2.30. The van der Waals surface area contributed by atoms with Crippen LogP contribution in [0.25, 0.3) is 0 Å². The van der Waals surface area contributed by atoms with E-state index in [0.717, 1.165) is 4.88 Å². The molecule has 0 aromatic carbocycles. The van der Waals surface area contributed by atoms with Crippen LogP contribution in [0.2, 0.25) is 0 Å². The zero-order valence-electron chi connectivity index (χ0n) is 11.0. The maximum Gasteiger partial charge on any atom is 0.273 e. The summed E-state index contributed by atoms with van der Waals surface area (Å²) in [6.07, 6.45) is 1.27. The molecule has 2 aromatic rings. The summed E-state index contributed by atoms with van der Waals surface area (Å²) in [4.78, 5) is 12.9. The molecule has 2 N–H and O–H groups in total. The quantitative estimate of drug-likeness (QED) is 0.770.